The van der Waals surface area contributed by atoms with Gasteiger partial charge in [-0.05, 0) is 25.5 Å². The molecular weight excluding hydrogens is 246 g/mol. The molecule has 0 saturated carbocycles. The van der Waals surface area contributed by atoms with E-state index in [0.29, 0.717) is 10.8 Å². The number of carbonyl (C=O) groups excluding carboxylic acids is 1. The highest BCUT2D eigenvalue weighted by molar-refractivity contribution is 7.15. The summed E-state index contributed by atoms with van der Waals surface area (Å²) in [7, 11) is 0. The first kappa shape index (κ1) is 12.6. The fourth-order valence-corrected chi connectivity index (χ4v) is 2.39. The number of nitrogens with two attached hydrogens (primary N) is 1. The van der Waals surface area contributed by atoms with E-state index < -0.39 is 0 Å². The number of nitrogen functional groups attached to an aromatic ring is 1. The summed E-state index contributed by atoms with van der Waals surface area (Å²) in [6, 6.07) is 7.37. The highest BCUT2D eigenvalue weighted by atomic mass is 32.1. The maximum absolute atomic E-state index is 11.9. The molecule has 2 aromatic rings. The molecule has 18 heavy (non-hydrogen) atoms. The molecule has 1 aromatic carbocycles. The van der Waals surface area contributed by atoms with Gasteiger partial charge in [0.2, 0.25) is 5.91 Å². The highest BCUT2D eigenvalue weighted by Gasteiger charge is 2.09. The summed E-state index contributed by atoms with van der Waals surface area (Å²) in [5, 5.41) is 3.44. The van der Waals surface area contributed by atoms with Crippen molar-refractivity contribution in [1.82, 2.24) is 4.98 Å². The van der Waals surface area contributed by atoms with Crippen molar-refractivity contribution >= 4 is 28.1 Å². The predicted octanol–water partition coefficient (Wildman–Crippen LogP) is 2.52. The van der Waals surface area contributed by atoms with Gasteiger partial charge in [0.15, 0.2) is 5.13 Å². The Labute approximate surface area is 110 Å². The molecular formula is C13H15N3OS. The molecule has 3 N–H and O–H groups in total. The third-order valence-electron chi connectivity index (χ3n) is 2.68. The van der Waals surface area contributed by atoms with Gasteiger partial charge in [-0.3, -0.25) is 4.79 Å². The van der Waals surface area contributed by atoms with Crippen LogP contribution in [0.2, 0.25) is 0 Å². The van der Waals surface area contributed by atoms with E-state index in [1.165, 1.54) is 11.3 Å². The van der Waals surface area contributed by atoms with Crippen LogP contribution in [0.4, 0.5) is 10.8 Å². The van der Waals surface area contributed by atoms with Crippen molar-refractivity contribution in [2.24, 2.45) is 0 Å². The molecule has 0 fully saturated rings. The number of para-hydroxylation sites is 1. The van der Waals surface area contributed by atoms with Gasteiger partial charge in [-0.15, -0.1) is 11.3 Å². The fraction of sp³-hybridized carbons (Fsp3) is 0.231. The SMILES string of the molecule is Cc1nc(NC(=O)Cc2ccccc2N)sc1C. The van der Waals surface area contributed by atoms with Crippen molar-refractivity contribution < 1.29 is 4.79 Å². The van der Waals surface area contributed by atoms with Crippen LogP contribution in [-0.2, 0) is 11.2 Å². The molecule has 0 aliphatic rings. The lowest BCUT2D eigenvalue weighted by Gasteiger charge is -2.04. The van der Waals surface area contributed by atoms with Crippen LogP contribution in [0.15, 0.2) is 24.3 Å². The maximum atomic E-state index is 11.9. The average molecular weight is 261 g/mol. The van der Waals surface area contributed by atoms with Crippen molar-refractivity contribution in [3.63, 3.8) is 0 Å². The van der Waals surface area contributed by atoms with Gasteiger partial charge in [0.1, 0.15) is 0 Å². The first-order valence-corrected chi connectivity index (χ1v) is 6.45. The van der Waals surface area contributed by atoms with E-state index in [1.54, 1.807) is 6.07 Å². The van der Waals surface area contributed by atoms with E-state index in [2.05, 4.69) is 10.3 Å². The van der Waals surface area contributed by atoms with Crippen molar-refractivity contribution in [2.75, 3.05) is 11.1 Å². The molecule has 5 heteroatoms. The van der Waals surface area contributed by atoms with E-state index in [-0.39, 0.29) is 12.3 Å². The molecule has 0 radical (unpaired) electrons. The third kappa shape index (κ3) is 2.87. The summed E-state index contributed by atoms with van der Waals surface area (Å²) in [5.74, 6) is -0.0957. The van der Waals surface area contributed by atoms with Crippen molar-refractivity contribution in [3.05, 3.63) is 40.4 Å². The minimum absolute atomic E-state index is 0.0957. The summed E-state index contributed by atoms with van der Waals surface area (Å²) in [4.78, 5) is 17.2. The Hall–Kier alpha value is -1.88. The van der Waals surface area contributed by atoms with Gasteiger partial charge < -0.3 is 11.1 Å². The first-order chi connectivity index (χ1) is 8.56. The number of hydrogen-bond donors (Lipinski definition) is 2. The zero-order valence-electron chi connectivity index (χ0n) is 10.4. The standard InChI is InChI=1S/C13H15N3OS/c1-8-9(2)18-13(15-8)16-12(17)7-10-5-3-4-6-11(10)14/h3-6H,7,14H2,1-2H3,(H,15,16,17). The lowest BCUT2D eigenvalue weighted by Crippen LogP contribution is -2.15. The summed E-state index contributed by atoms with van der Waals surface area (Å²) >= 11 is 1.48. The zero-order chi connectivity index (χ0) is 13.1. The van der Waals surface area contributed by atoms with E-state index >= 15 is 0 Å². The van der Waals surface area contributed by atoms with Gasteiger partial charge in [-0.25, -0.2) is 4.98 Å². The van der Waals surface area contributed by atoms with Crippen LogP contribution in [-0.4, -0.2) is 10.9 Å². The minimum Gasteiger partial charge on any atom is -0.398 e. The number of hydrogen-bond acceptors (Lipinski definition) is 4. The molecule has 1 aromatic heterocycles. The number of aromatic nitrogens is 1. The third-order valence-corrected chi connectivity index (χ3v) is 3.67. The Morgan fingerprint density at radius 3 is 2.72 bits per heavy atom. The molecule has 0 aliphatic carbocycles. The van der Waals surface area contributed by atoms with Crippen LogP contribution < -0.4 is 11.1 Å². The van der Waals surface area contributed by atoms with E-state index in [1.807, 2.05) is 32.0 Å². The largest absolute Gasteiger partial charge is 0.398 e. The highest BCUT2D eigenvalue weighted by Crippen LogP contribution is 2.21. The fourth-order valence-electron chi connectivity index (χ4n) is 1.56. The molecule has 0 atom stereocenters. The number of carbonyl (C=O) groups is 1. The molecule has 0 unspecified atom stereocenters. The van der Waals surface area contributed by atoms with Gasteiger partial charge in [-0.1, -0.05) is 18.2 Å². The second-order valence-electron chi connectivity index (χ2n) is 4.08. The Balaban J connectivity index is 2.03. The number of anilines is 2. The molecule has 0 spiro atoms. The quantitative estimate of drug-likeness (QED) is 0.834. The molecule has 1 amide bonds. The molecule has 0 aliphatic heterocycles. The van der Waals surface area contributed by atoms with Crippen LogP contribution in [0.25, 0.3) is 0 Å². The molecule has 0 bridgehead atoms. The number of benzene rings is 1. The second kappa shape index (κ2) is 5.18. The van der Waals surface area contributed by atoms with Crippen molar-refractivity contribution in [2.45, 2.75) is 20.3 Å². The van der Waals surface area contributed by atoms with E-state index in [0.717, 1.165) is 16.1 Å². The lowest BCUT2D eigenvalue weighted by atomic mass is 10.1. The van der Waals surface area contributed by atoms with Crippen LogP contribution in [0, 0.1) is 13.8 Å². The number of nitrogens with zero attached hydrogens (tertiary/aromatic N) is 1. The number of thiazole rings is 1. The molecule has 94 valence electrons. The van der Waals surface area contributed by atoms with Gasteiger partial charge in [-0.2, -0.15) is 0 Å². The number of rotatable bonds is 3. The van der Waals surface area contributed by atoms with E-state index in [4.69, 9.17) is 5.73 Å². The summed E-state index contributed by atoms with van der Waals surface area (Å²) < 4.78 is 0. The maximum Gasteiger partial charge on any atom is 0.230 e. The van der Waals surface area contributed by atoms with Gasteiger partial charge in [0, 0.05) is 10.6 Å². The Bertz CT molecular complexity index is 558. The first-order valence-electron chi connectivity index (χ1n) is 5.63. The topological polar surface area (TPSA) is 68.0 Å². The summed E-state index contributed by atoms with van der Waals surface area (Å²) in [5.41, 5.74) is 8.22. The van der Waals surface area contributed by atoms with Crippen LogP contribution in [0.5, 0.6) is 0 Å². The molecule has 1 heterocycles. The zero-order valence-corrected chi connectivity index (χ0v) is 11.2. The van der Waals surface area contributed by atoms with Crippen molar-refractivity contribution in [1.29, 1.82) is 0 Å². The Morgan fingerprint density at radius 2 is 2.11 bits per heavy atom. The number of aryl methyl sites for hydroxylation is 2. The smallest absolute Gasteiger partial charge is 0.230 e. The monoisotopic (exact) mass is 261 g/mol. The van der Waals surface area contributed by atoms with Crippen molar-refractivity contribution in [3.8, 4) is 0 Å². The number of amides is 1. The molecule has 0 saturated heterocycles. The molecule has 2 rings (SSSR count). The Morgan fingerprint density at radius 1 is 1.39 bits per heavy atom. The van der Waals surface area contributed by atoms with Gasteiger partial charge in [0.05, 0.1) is 12.1 Å². The predicted molar refractivity (Wildman–Crippen MR) is 74.8 cm³/mol. The number of nitrogens with one attached hydrogen (secondary N) is 1. The summed E-state index contributed by atoms with van der Waals surface area (Å²) in [6.45, 7) is 3.91. The van der Waals surface area contributed by atoms with Crippen LogP contribution >= 0.6 is 11.3 Å². The Kier molecular flexibility index (Phi) is 3.62. The minimum atomic E-state index is -0.0957. The average Bonchev–Trinajstić information content (AvgIpc) is 2.61. The lowest BCUT2D eigenvalue weighted by molar-refractivity contribution is -0.115. The summed E-state index contributed by atoms with van der Waals surface area (Å²) in [6.07, 6.45) is 0.268. The van der Waals surface area contributed by atoms with E-state index in [9.17, 15) is 4.79 Å². The van der Waals surface area contributed by atoms with Gasteiger partial charge >= 0.3 is 0 Å². The van der Waals surface area contributed by atoms with Crippen LogP contribution in [0.3, 0.4) is 0 Å². The molecule has 4 nitrogen and oxygen atoms in total. The van der Waals surface area contributed by atoms with Gasteiger partial charge in [0.25, 0.3) is 0 Å². The normalized spacial score (nSPS) is 10.3. The van der Waals surface area contributed by atoms with Crippen LogP contribution in [0.1, 0.15) is 16.1 Å². The second-order valence-corrected chi connectivity index (χ2v) is 5.29.